The summed E-state index contributed by atoms with van der Waals surface area (Å²) in [7, 11) is 0. The Bertz CT molecular complexity index is 184. The van der Waals surface area contributed by atoms with E-state index in [9.17, 15) is 4.39 Å². The first-order chi connectivity index (χ1) is 7.18. The van der Waals surface area contributed by atoms with Gasteiger partial charge in [0, 0.05) is 0 Å². The van der Waals surface area contributed by atoms with Gasteiger partial charge >= 0.3 is 0 Å². The Morgan fingerprint density at radius 3 is 2.13 bits per heavy atom. The predicted molar refractivity (Wildman–Crippen MR) is 64.1 cm³/mol. The molecule has 0 rings (SSSR count). The Hall–Kier alpha value is -1.09. The maximum atomic E-state index is 11.3. The molecule has 0 radical (unpaired) electrons. The number of rotatable bonds is 5. The number of halogens is 1. The molecule has 0 unspecified atom stereocenters. The molecule has 0 saturated carbocycles. The molecule has 0 aliphatic heterocycles. The first kappa shape index (κ1) is 16.3. The Morgan fingerprint density at radius 2 is 1.73 bits per heavy atom. The van der Waals surface area contributed by atoms with Gasteiger partial charge in [0.25, 0.3) is 0 Å². The summed E-state index contributed by atoms with van der Waals surface area (Å²) in [4.78, 5) is 0. The summed E-state index contributed by atoms with van der Waals surface area (Å²) in [6, 6.07) is 0. The largest absolute Gasteiger partial charge is 0.499 e. The van der Waals surface area contributed by atoms with Gasteiger partial charge in [-0.2, -0.15) is 0 Å². The lowest BCUT2D eigenvalue weighted by Crippen LogP contribution is -1.93. The molecule has 0 bridgehead atoms. The summed E-state index contributed by atoms with van der Waals surface area (Å²) < 4.78 is 16.4. The fourth-order valence-electron chi connectivity index (χ4n) is 0.418. The molecule has 0 fully saturated rings. The van der Waals surface area contributed by atoms with Gasteiger partial charge < -0.3 is 10.5 Å². The molecular formula is C12H22FNO. The minimum Gasteiger partial charge on any atom is -0.499 e. The number of ether oxygens (including phenoxy) is 1. The van der Waals surface area contributed by atoms with E-state index in [4.69, 9.17) is 10.5 Å². The zero-order valence-corrected chi connectivity index (χ0v) is 9.82. The van der Waals surface area contributed by atoms with E-state index in [1.54, 1.807) is 24.5 Å². The van der Waals surface area contributed by atoms with Gasteiger partial charge in [-0.05, 0) is 39.0 Å². The lowest BCUT2D eigenvalue weighted by molar-refractivity contribution is 0.179. The van der Waals surface area contributed by atoms with Gasteiger partial charge in [-0.15, -0.1) is 0 Å². The Morgan fingerprint density at radius 1 is 1.20 bits per heavy atom. The van der Waals surface area contributed by atoms with Gasteiger partial charge in [0.1, 0.15) is 0 Å². The Kier molecular flexibility index (Phi) is 16.8. The van der Waals surface area contributed by atoms with Crippen LogP contribution in [0.5, 0.6) is 0 Å². The summed E-state index contributed by atoms with van der Waals surface area (Å²) in [6.45, 7) is 6.76. The van der Waals surface area contributed by atoms with Crippen molar-refractivity contribution in [2.24, 2.45) is 5.73 Å². The van der Waals surface area contributed by atoms with E-state index in [1.165, 1.54) is 6.08 Å². The van der Waals surface area contributed by atoms with Gasteiger partial charge in [0.05, 0.1) is 18.7 Å². The van der Waals surface area contributed by atoms with Crippen molar-refractivity contribution < 1.29 is 9.13 Å². The smallest absolute Gasteiger partial charge is 0.0922 e. The van der Waals surface area contributed by atoms with Crippen LogP contribution in [0.1, 0.15) is 27.2 Å². The Balaban J connectivity index is 0. The van der Waals surface area contributed by atoms with Crippen LogP contribution in [0.4, 0.5) is 4.39 Å². The molecule has 0 atom stereocenters. The highest BCUT2D eigenvalue weighted by molar-refractivity contribution is 5.08. The van der Waals surface area contributed by atoms with E-state index < -0.39 is 0 Å². The Labute approximate surface area is 92.3 Å². The molecule has 0 saturated heterocycles. The van der Waals surface area contributed by atoms with E-state index in [-0.39, 0.29) is 6.10 Å². The molecule has 0 aromatic heterocycles. The third-order valence-electron chi connectivity index (χ3n) is 1.12. The lowest BCUT2D eigenvalue weighted by atomic mass is 10.4. The molecule has 0 spiro atoms. The first-order valence-corrected chi connectivity index (χ1v) is 5.13. The summed E-state index contributed by atoms with van der Waals surface area (Å²) in [5.74, 6) is 0. The second-order valence-corrected chi connectivity index (χ2v) is 3.01. The fourth-order valence-corrected chi connectivity index (χ4v) is 0.418. The monoisotopic (exact) mass is 215 g/mol. The van der Waals surface area contributed by atoms with Crippen LogP contribution in [-0.2, 0) is 4.74 Å². The summed E-state index contributed by atoms with van der Waals surface area (Å²) in [5.41, 5.74) is 5.03. The van der Waals surface area contributed by atoms with Gasteiger partial charge in [-0.1, -0.05) is 19.1 Å². The third-order valence-corrected chi connectivity index (χ3v) is 1.12. The van der Waals surface area contributed by atoms with Crippen molar-refractivity contribution in [1.29, 1.82) is 0 Å². The summed E-state index contributed by atoms with van der Waals surface area (Å²) in [5, 5.41) is 0. The average Bonchev–Trinajstić information content (AvgIpc) is 2.23. The van der Waals surface area contributed by atoms with Gasteiger partial charge in [0.2, 0.25) is 0 Å². The van der Waals surface area contributed by atoms with Crippen LogP contribution in [0.3, 0.4) is 0 Å². The number of hydrogen-bond acceptors (Lipinski definition) is 2. The molecule has 0 amide bonds. The number of nitrogens with two attached hydrogens (primary N) is 1. The number of allylic oxidation sites excluding steroid dienone is 4. The molecule has 0 aliphatic rings. The second kappa shape index (κ2) is 15.4. The molecule has 15 heavy (non-hydrogen) atoms. The number of hydrogen-bond donors (Lipinski definition) is 1. The molecule has 0 aliphatic carbocycles. The molecule has 0 aromatic carbocycles. The van der Waals surface area contributed by atoms with Crippen molar-refractivity contribution >= 4 is 0 Å². The summed E-state index contributed by atoms with van der Waals surface area (Å²) in [6.07, 6.45) is 9.63. The van der Waals surface area contributed by atoms with Gasteiger partial charge in [0.15, 0.2) is 0 Å². The van der Waals surface area contributed by atoms with E-state index in [0.717, 1.165) is 13.0 Å². The van der Waals surface area contributed by atoms with Crippen molar-refractivity contribution in [3.8, 4) is 0 Å². The predicted octanol–water partition coefficient (Wildman–Crippen LogP) is 3.32. The molecule has 88 valence electrons. The van der Waals surface area contributed by atoms with Crippen molar-refractivity contribution in [2.75, 3.05) is 6.54 Å². The zero-order chi connectivity index (χ0) is 11.9. The molecule has 0 heterocycles. The van der Waals surface area contributed by atoms with Crippen LogP contribution in [0.15, 0.2) is 36.9 Å². The van der Waals surface area contributed by atoms with E-state index in [2.05, 4.69) is 6.92 Å². The van der Waals surface area contributed by atoms with Crippen molar-refractivity contribution in [1.82, 2.24) is 0 Å². The maximum Gasteiger partial charge on any atom is 0.0922 e. The second-order valence-electron chi connectivity index (χ2n) is 3.01. The maximum absolute atomic E-state index is 11.3. The van der Waals surface area contributed by atoms with Crippen LogP contribution in [-0.4, -0.2) is 12.6 Å². The molecule has 3 heteroatoms. The fraction of sp³-hybridized carbons (Fsp3) is 0.500. The first-order valence-electron chi connectivity index (χ1n) is 5.13. The van der Waals surface area contributed by atoms with Crippen LogP contribution in [0.25, 0.3) is 0 Å². The zero-order valence-electron chi connectivity index (χ0n) is 9.82. The van der Waals surface area contributed by atoms with Crippen molar-refractivity contribution in [2.45, 2.75) is 33.3 Å². The van der Waals surface area contributed by atoms with Gasteiger partial charge in [-0.25, -0.2) is 4.39 Å². The standard InChI is InChI=1S/C9H13FO.C3H9N/c1-9(2)11-8-6-4-3-5-7-10;1-2-3-4/h3-9H,1-2H3;2-4H2,1H3/b4-3-,7-5+,8-6+;. The quantitative estimate of drug-likeness (QED) is 0.564. The third kappa shape index (κ3) is 24.6. The average molecular weight is 215 g/mol. The van der Waals surface area contributed by atoms with Crippen LogP contribution < -0.4 is 5.73 Å². The highest BCUT2D eigenvalue weighted by Gasteiger charge is 1.82. The van der Waals surface area contributed by atoms with Crippen LogP contribution in [0.2, 0.25) is 0 Å². The highest BCUT2D eigenvalue weighted by atomic mass is 19.1. The SMILES string of the molecule is CC(C)O/C=C/C=C\C=C\F.CCCN. The molecular weight excluding hydrogens is 193 g/mol. The summed E-state index contributed by atoms with van der Waals surface area (Å²) >= 11 is 0. The van der Waals surface area contributed by atoms with Crippen molar-refractivity contribution in [3.63, 3.8) is 0 Å². The highest BCUT2D eigenvalue weighted by Crippen LogP contribution is 1.88. The minimum absolute atomic E-state index is 0.191. The van der Waals surface area contributed by atoms with Crippen molar-refractivity contribution in [3.05, 3.63) is 36.9 Å². The van der Waals surface area contributed by atoms with Crippen LogP contribution in [0, 0.1) is 0 Å². The molecule has 2 N–H and O–H groups in total. The minimum atomic E-state index is 0.191. The molecule has 0 aromatic rings. The van der Waals surface area contributed by atoms with E-state index in [1.807, 2.05) is 13.8 Å². The van der Waals surface area contributed by atoms with Gasteiger partial charge in [-0.3, -0.25) is 0 Å². The van der Waals surface area contributed by atoms with E-state index in [0.29, 0.717) is 6.33 Å². The van der Waals surface area contributed by atoms with E-state index >= 15 is 0 Å². The molecule has 2 nitrogen and oxygen atoms in total. The topological polar surface area (TPSA) is 35.2 Å². The lowest BCUT2D eigenvalue weighted by Gasteiger charge is -2.00. The normalized spacial score (nSPS) is 11.3. The van der Waals surface area contributed by atoms with Crippen LogP contribution >= 0.6 is 0 Å².